The molecule has 4 rings (SSSR count). The average Bonchev–Trinajstić information content (AvgIpc) is 3.39. The number of nitrogens with one attached hydrogen (secondary N) is 2. The second kappa shape index (κ2) is 8.62. The summed E-state index contributed by atoms with van der Waals surface area (Å²) < 4.78 is 35.7. The van der Waals surface area contributed by atoms with Gasteiger partial charge in [0.15, 0.2) is 21.6 Å². The first kappa shape index (κ1) is 23.0. The third kappa shape index (κ3) is 4.61. The molecule has 1 aliphatic carbocycles. The highest BCUT2D eigenvalue weighted by molar-refractivity contribution is 7.91. The normalized spacial score (nSPS) is 15.7. The van der Waals surface area contributed by atoms with E-state index in [1.165, 1.54) is 4.31 Å². The summed E-state index contributed by atoms with van der Waals surface area (Å²) >= 11 is 2.03. The Labute approximate surface area is 196 Å². The molecule has 2 heterocycles. The van der Waals surface area contributed by atoms with Crippen LogP contribution in [0.2, 0.25) is 0 Å². The zero-order valence-corrected chi connectivity index (χ0v) is 20.8. The van der Waals surface area contributed by atoms with Crippen molar-refractivity contribution in [2.24, 2.45) is 5.41 Å². The zero-order chi connectivity index (χ0) is 23.1. The van der Waals surface area contributed by atoms with Crippen molar-refractivity contribution in [1.29, 1.82) is 0 Å². The summed E-state index contributed by atoms with van der Waals surface area (Å²) in [6.07, 6.45) is 1.70. The van der Waals surface area contributed by atoms with Crippen molar-refractivity contribution in [3.05, 3.63) is 41.3 Å². The fourth-order valence-electron chi connectivity index (χ4n) is 3.45. The van der Waals surface area contributed by atoms with Crippen molar-refractivity contribution in [1.82, 2.24) is 13.1 Å². The van der Waals surface area contributed by atoms with Crippen LogP contribution < -0.4 is 10.6 Å². The van der Waals surface area contributed by atoms with Crippen LogP contribution in [0, 0.1) is 5.41 Å². The molecule has 0 aliphatic heterocycles. The fourth-order valence-corrected chi connectivity index (χ4v) is 6.74. The largest absolute Gasteiger partial charge is 0.504 e. The van der Waals surface area contributed by atoms with Crippen molar-refractivity contribution in [3.8, 4) is 5.75 Å². The number of hydrogen-bond donors (Lipinski definition) is 3. The third-order valence-electron chi connectivity index (χ3n) is 5.43. The smallest absolute Gasteiger partial charge is 0.256 e. The Kier molecular flexibility index (Phi) is 6.19. The number of anilines is 3. The molecule has 1 saturated carbocycles. The maximum absolute atomic E-state index is 12.8. The minimum absolute atomic E-state index is 0.0174. The predicted octanol–water partition coefficient (Wildman–Crippen LogP) is 5.03. The van der Waals surface area contributed by atoms with Gasteiger partial charge in [0.1, 0.15) is 0 Å². The number of aromatic nitrogens is 2. The fraction of sp³-hybridized carbons (Fsp3) is 0.429. The Morgan fingerprint density at radius 3 is 2.44 bits per heavy atom. The van der Waals surface area contributed by atoms with E-state index >= 15 is 0 Å². The van der Waals surface area contributed by atoms with Crippen LogP contribution in [0.5, 0.6) is 5.75 Å². The molecule has 8 nitrogen and oxygen atoms in total. The van der Waals surface area contributed by atoms with Gasteiger partial charge in [0.25, 0.3) is 10.0 Å². The summed E-state index contributed by atoms with van der Waals surface area (Å²) in [7, 11) is -2.18. The standard InChI is InChI=1S/C21H27N5O3S3/c1-21(2,3)17(13-8-6-5-7-9-13)23-19-18(24-31-25-19)22-15-12-30-20(16(15)27)32(28,29)26(4)14-10-11-14/h5-9,12,14,17,27H,10-11H2,1-4H3,(H,22,24)(H,23,25)/t17-/m0/s1. The first-order valence-electron chi connectivity index (χ1n) is 10.3. The van der Waals surface area contributed by atoms with Crippen molar-refractivity contribution in [2.75, 3.05) is 17.7 Å². The number of benzene rings is 1. The highest BCUT2D eigenvalue weighted by Gasteiger charge is 2.38. The molecular weight excluding hydrogens is 466 g/mol. The Bertz CT molecular complexity index is 1180. The van der Waals surface area contributed by atoms with Gasteiger partial charge >= 0.3 is 0 Å². The molecular formula is C21H27N5O3S3. The van der Waals surface area contributed by atoms with E-state index in [9.17, 15) is 13.5 Å². The number of rotatable bonds is 8. The van der Waals surface area contributed by atoms with E-state index in [2.05, 4.69) is 52.3 Å². The topological polar surface area (TPSA) is 107 Å². The minimum Gasteiger partial charge on any atom is -0.504 e. The van der Waals surface area contributed by atoms with Gasteiger partial charge in [0.2, 0.25) is 0 Å². The van der Waals surface area contributed by atoms with Gasteiger partial charge in [-0.05, 0) is 23.8 Å². The zero-order valence-electron chi connectivity index (χ0n) is 18.4. The molecule has 3 N–H and O–H groups in total. The second-order valence-electron chi connectivity index (χ2n) is 8.98. The van der Waals surface area contributed by atoms with E-state index in [1.54, 1.807) is 12.4 Å². The van der Waals surface area contributed by atoms with E-state index in [0.717, 1.165) is 41.5 Å². The van der Waals surface area contributed by atoms with Crippen molar-refractivity contribution in [2.45, 2.75) is 49.9 Å². The van der Waals surface area contributed by atoms with Crippen LogP contribution >= 0.6 is 23.1 Å². The molecule has 172 valence electrons. The Morgan fingerprint density at radius 2 is 1.81 bits per heavy atom. The molecule has 2 aromatic heterocycles. The van der Waals surface area contributed by atoms with Crippen LogP contribution in [0.4, 0.5) is 17.3 Å². The van der Waals surface area contributed by atoms with Crippen LogP contribution in [0.25, 0.3) is 0 Å². The molecule has 11 heteroatoms. The Balaban J connectivity index is 1.58. The Hall–Kier alpha value is -2.21. The van der Waals surface area contributed by atoms with Crippen LogP contribution in [0.3, 0.4) is 0 Å². The SMILES string of the molecule is CN(C1CC1)S(=O)(=O)c1scc(Nc2nsnc2N[C@@H](c2ccccc2)C(C)(C)C)c1O. The molecule has 32 heavy (non-hydrogen) atoms. The van der Waals surface area contributed by atoms with E-state index in [0.29, 0.717) is 17.3 Å². The number of aromatic hydroxyl groups is 1. The lowest BCUT2D eigenvalue weighted by Crippen LogP contribution is -2.28. The second-order valence-corrected chi connectivity index (χ2v) is 12.6. The number of hydrogen-bond acceptors (Lipinski definition) is 9. The van der Waals surface area contributed by atoms with Crippen LogP contribution in [-0.2, 0) is 10.0 Å². The molecule has 0 bridgehead atoms. The minimum atomic E-state index is -3.74. The molecule has 0 spiro atoms. The van der Waals surface area contributed by atoms with E-state index < -0.39 is 10.0 Å². The summed E-state index contributed by atoms with van der Waals surface area (Å²) in [5.74, 6) is 0.688. The van der Waals surface area contributed by atoms with E-state index in [1.807, 2.05) is 18.2 Å². The molecule has 3 aromatic rings. The molecule has 1 atom stereocenters. The maximum Gasteiger partial charge on any atom is 0.256 e. The Morgan fingerprint density at radius 1 is 1.16 bits per heavy atom. The quantitative estimate of drug-likeness (QED) is 0.404. The average molecular weight is 494 g/mol. The molecule has 0 saturated heterocycles. The molecule has 1 fully saturated rings. The monoisotopic (exact) mass is 493 g/mol. The van der Waals surface area contributed by atoms with Crippen molar-refractivity contribution < 1.29 is 13.5 Å². The van der Waals surface area contributed by atoms with Crippen LogP contribution in [0.15, 0.2) is 39.9 Å². The van der Waals surface area contributed by atoms with Gasteiger partial charge in [0.05, 0.1) is 23.5 Å². The van der Waals surface area contributed by atoms with Gasteiger partial charge in [-0.3, -0.25) is 0 Å². The molecule has 1 aliphatic rings. The highest BCUT2D eigenvalue weighted by atomic mass is 32.2. The summed E-state index contributed by atoms with van der Waals surface area (Å²) in [6.45, 7) is 6.42. The van der Waals surface area contributed by atoms with Crippen LogP contribution in [0.1, 0.15) is 45.2 Å². The molecule has 0 radical (unpaired) electrons. The van der Waals surface area contributed by atoms with Crippen LogP contribution in [-0.4, -0.2) is 39.7 Å². The van der Waals surface area contributed by atoms with Gasteiger partial charge < -0.3 is 15.7 Å². The van der Waals surface area contributed by atoms with Gasteiger partial charge in [-0.2, -0.15) is 13.1 Å². The van der Waals surface area contributed by atoms with Gasteiger partial charge in [-0.25, -0.2) is 8.42 Å². The summed E-state index contributed by atoms with van der Waals surface area (Å²) in [4.78, 5) is 0. The first-order valence-corrected chi connectivity index (χ1v) is 13.3. The van der Waals surface area contributed by atoms with E-state index in [4.69, 9.17) is 0 Å². The van der Waals surface area contributed by atoms with Crippen molar-refractivity contribution in [3.63, 3.8) is 0 Å². The molecule has 1 aromatic carbocycles. The highest BCUT2D eigenvalue weighted by Crippen LogP contribution is 2.43. The molecule has 0 amide bonds. The number of nitrogens with zero attached hydrogens (tertiary/aromatic N) is 3. The van der Waals surface area contributed by atoms with Crippen molar-refractivity contribution >= 4 is 50.4 Å². The lowest BCUT2D eigenvalue weighted by atomic mass is 9.82. The summed E-state index contributed by atoms with van der Waals surface area (Å²) in [6, 6.07) is 10.1. The number of thiophene rings is 1. The number of sulfonamides is 1. The molecule has 0 unspecified atom stereocenters. The van der Waals surface area contributed by atoms with Gasteiger partial charge in [0, 0.05) is 18.5 Å². The first-order chi connectivity index (χ1) is 15.1. The summed E-state index contributed by atoms with van der Waals surface area (Å²) in [5, 5.41) is 18.8. The maximum atomic E-state index is 12.8. The van der Waals surface area contributed by atoms with E-state index in [-0.39, 0.29) is 27.5 Å². The predicted molar refractivity (Wildman–Crippen MR) is 129 cm³/mol. The lowest BCUT2D eigenvalue weighted by Gasteiger charge is -2.32. The van der Waals surface area contributed by atoms with Gasteiger partial charge in [-0.1, -0.05) is 51.1 Å². The van der Waals surface area contributed by atoms with Gasteiger partial charge in [-0.15, -0.1) is 11.3 Å². The third-order valence-corrected chi connectivity index (χ3v) is 9.36. The summed E-state index contributed by atoms with van der Waals surface area (Å²) in [5.41, 5.74) is 1.30. The lowest BCUT2D eigenvalue weighted by molar-refractivity contribution is 0.347.